The molecule has 0 saturated carbocycles. The van der Waals surface area contributed by atoms with Crippen molar-refractivity contribution in [1.82, 2.24) is 20.9 Å². The fourth-order valence-electron chi connectivity index (χ4n) is 1.41. The number of amides is 2. The van der Waals surface area contributed by atoms with E-state index in [1.54, 1.807) is 0 Å². The molecule has 0 unspecified atom stereocenters. The third-order valence-electron chi connectivity index (χ3n) is 2.16. The van der Waals surface area contributed by atoms with Crippen LogP contribution in [0.3, 0.4) is 0 Å². The second-order valence-corrected chi connectivity index (χ2v) is 3.20. The largest absolute Gasteiger partial charge is 0.337 e. The van der Waals surface area contributed by atoms with Crippen LogP contribution in [-0.2, 0) is 0 Å². The summed E-state index contributed by atoms with van der Waals surface area (Å²) in [7, 11) is 0. The molecule has 1 aliphatic rings. The molecule has 80 valence electrons. The molecule has 0 aromatic heterocycles. The standard InChI is InChI=1S/C9H18N4O/c1-2-11-9(14)12-5-8-13-6-3-10-4-7-13/h2,10H,1,3-8H2,(H2,11,12,14). The van der Waals surface area contributed by atoms with Crippen LogP contribution in [0, 0.1) is 0 Å². The van der Waals surface area contributed by atoms with Gasteiger partial charge in [-0.3, -0.25) is 4.90 Å². The number of urea groups is 1. The molecule has 1 rings (SSSR count). The maximum atomic E-state index is 11.0. The zero-order valence-electron chi connectivity index (χ0n) is 8.38. The number of hydrogen-bond acceptors (Lipinski definition) is 3. The number of nitrogens with zero attached hydrogens (tertiary/aromatic N) is 1. The SMILES string of the molecule is C=CNC(=O)NCCN1CCNCC1. The highest BCUT2D eigenvalue weighted by Gasteiger charge is 2.08. The van der Waals surface area contributed by atoms with Crippen molar-refractivity contribution in [3.8, 4) is 0 Å². The second-order valence-electron chi connectivity index (χ2n) is 3.20. The molecule has 0 aromatic carbocycles. The molecular weight excluding hydrogens is 180 g/mol. The van der Waals surface area contributed by atoms with E-state index in [0.29, 0.717) is 6.54 Å². The molecule has 2 amide bonds. The van der Waals surface area contributed by atoms with Crippen LogP contribution in [0.25, 0.3) is 0 Å². The highest BCUT2D eigenvalue weighted by Crippen LogP contribution is 1.89. The molecule has 0 aromatic rings. The monoisotopic (exact) mass is 198 g/mol. The number of carbonyl (C=O) groups excluding carboxylic acids is 1. The van der Waals surface area contributed by atoms with E-state index in [0.717, 1.165) is 32.7 Å². The lowest BCUT2D eigenvalue weighted by Crippen LogP contribution is -2.46. The highest BCUT2D eigenvalue weighted by molar-refractivity contribution is 5.74. The topological polar surface area (TPSA) is 56.4 Å². The first-order chi connectivity index (χ1) is 6.83. The summed E-state index contributed by atoms with van der Waals surface area (Å²) < 4.78 is 0. The highest BCUT2D eigenvalue weighted by atomic mass is 16.2. The van der Waals surface area contributed by atoms with Crippen molar-refractivity contribution in [3.05, 3.63) is 12.8 Å². The maximum Gasteiger partial charge on any atom is 0.318 e. The summed E-state index contributed by atoms with van der Waals surface area (Å²) in [5.41, 5.74) is 0. The van der Waals surface area contributed by atoms with Gasteiger partial charge in [-0.1, -0.05) is 6.58 Å². The summed E-state index contributed by atoms with van der Waals surface area (Å²) in [5, 5.41) is 8.49. The Hall–Kier alpha value is -1.07. The van der Waals surface area contributed by atoms with Crippen molar-refractivity contribution in [3.63, 3.8) is 0 Å². The van der Waals surface area contributed by atoms with Crippen molar-refractivity contribution < 1.29 is 4.79 Å². The van der Waals surface area contributed by atoms with E-state index in [1.807, 2.05) is 0 Å². The van der Waals surface area contributed by atoms with Gasteiger partial charge in [0.05, 0.1) is 0 Å². The number of carbonyl (C=O) groups is 1. The second kappa shape index (κ2) is 6.39. The molecule has 0 radical (unpaired) electrons. The van der Waals surface area contributed by atoms with E-state index in [2.05, 4.69) is 27.4 Å². The molecule has 14 heavy (non-hydrogen) atoms. The third kappa shape index (κ3) is 4.25. The van der Waals surface area contributed by atoms with Gasteiger partial charge in [0.1, 0.15) is 0 Å². The Balaban J connectivity index is 2.02. The van der Waals surface area contributed by atoms with E-state index in [-0.39, 0.29) is 6.03 Å². The molecule has 5 nitrogen and oxygen atoms in total. The molecule has 0 atom stereocenters. The normalized spacial score (nSPS) is 17.4. The van der Waals surface area contributed by atoms with E-state index in [9.17, 15) is 4.79 Å². The van der Waals surface area contributed by atoms with Gasteiger partial charge in [-0.2, -0.15) is 0 Å². The predicted octanol–water partition coefficient (Wildman–Crippen LogP) is -0.666. The van der Waals surface area contributed by atoms with Crippen LogP contribution in [0.1, 0.15) is 0 Å². The first-order valence-electron chi connectivity index (χ1n) is 4.91. The van der Waals surface area contributed by atoms with Crippen LogP contribution >= 0.6 is 0 Å². The summed E-state index contributed by atoms with van der Waals surface area (Å²) in [6.07, 6.45) is 1.38. The molecule has 0 aliphatic carbocycles. The van der Waals surface area contributed by atoms with E-state index >= 15 is 0 Å². The van der Waals surface area contributed by atoms with Crippen molar-refractivity contribution in [2.75, 3.05) is 39.3 Å². The summed E-state index contributed by atoms with van der Waals surface area (Å²) in [4.78, 5) is 13.3. The van der Waals surface area contributed by atoms with Gasteiger partial charge in [0.25, 0.3) is 0 Å². The van der Waals surface area contributed by atoms with Gasteiger partial charge in [0, 0.05) is 39.3 Å². The van der Waals surface area contributed by atoms with Gasteiger partial charge in [-0.25, -0.2) is 4.79 Å². The zero-order valence-corrected chi connectivity index (χ0v) is 8.38. The van der Waals surface area contributed by atoms with Crippen molar-refractivity contribution >= 4 is 6.03 Å². The minimum Gasteiger partial charge on any atom is -0.337 e. The minimum absolute atomic E-state index is 0.185. The Labute approximate surface area is 84.5 Å². The van der Waals surface area contributed by atoms with Crippen LogP contribution < -0.4 is 16.0 Å². The summed E-state index contributed by atoms with van der Waals surface area (Å²) in [6, 6.07) is -0.185. The van der Waals surface area contributed by atoms with Crippen molar-refractivity contribution in [2.24, 2.45) is 0 Å². The Bertz CT molecular complexity index is 189. The Morgan fingerprint density at radius 2 is 2.21 bits per heavy atom. The Kier molecular flexibility index (Phi) is 5.03. The van der Waals surface area contributed by atoms with Crippen molar-refractivity contribution in [1.29, 1.82) is 0 Å². The molecule has 5 heteroatoms. The Morgan fingerprint density at radius 1 is 1.50 bits per heavy atom. The van der Waals surface area contributed by atoms with Gasteiger partial charge < -0.3 is 16.0 Å². The molecule has 3 N–H and O–H groups in total. The smallest absolute Gasteiger partial charge is 0.318 e. The summed E-state index contributed by atoms with van der Waals surface area (Å²) >= 11 is 0. The van der Waals surface area contributed by atoms with Crippen LogP contribution in [0.5, 0.6) is 0 Å². The van der Waals surface area contributed by atoms with Crippen molar-refractivity contribution in [2.45, 2.75) is 0 Å². The summed E-state index contributed by atoms with van der Waals surface area (Å²) in [5.74, 6) is 0. The molecule has 0 bridgehead atoms. The average molecular weight is 198 g/mol. The maximum absolute atomic E-state index is 11.0. The van der Waals surface area contributed by atoms with Gasteiger partial charge >= 0.3 is 6.03 Å². The van der Waals surface area contributed by atoms with Crippen LogP contribution in [0.4, 0.5) is 4.79 Å². The molecule has 1 saturated heterocycles. The number of nitrogens with one attached hydrogen (secondary N) is 3. The minimum atomic E-state index is -0.185. The van der Waals surface area contributed by atoms with Crippen LogP contribution in [0.2, 0.25) is 0 Å². The third-order valence-corrected chi connectivity index (χ3v) is 2.16. The first kappa shape index (κ1) is 11.0. The number of hydrogen-bond donors (Lipinski definition) is 3. The predicted molar refractivity (Wildman–Crippen MR) is 56.0 cm³/mol. The number of rotatable bonds is 4. The average Bonchev–Trinajstić information content (AvgIpc) is 2.20. The van der Waals surface area contributed by atoms with E-state index in [4.69, 9.17) is 0 Å². The lowest BCUT2D eigenvalue weighted by atomic mass is 10.3. The van der Waals surface area contributed by atoms with Crippen LogP contribution in [-0.4, -0.2) is 50.2 Å². The summed E-state index contributed by atoms with van der Waals surface area (Å²) in [6.45, 7) is 9.20. The van der Waals surface area contributed by atoms with Gasteiger partial charge in [0.15, 0.2) is 0 Å². The molecule has 0 spiro atoms. The molecular formula is C9H18N4O. The Morgan fingerprint density at radius 3 is 2.86 bits per heavy atom. The van der Waals surface area contributed by atoms with Gasteiger partial charge in [-0.05, 0) is 6.20 Å². The lowest BCUT2D eigenvalue weighted by Gasteiger charge is -2.26. The molecule has 1 heterocycles. The lowest BCUT2D eigenvalue weighted by molar-refractivity contribution is 0.229. The molecule has 1 aliphatic heterocycles. The van der Waals surface area contributed by atoms with E-state index < -0.39 is 0 Å². The van der Waals surface area contributed by atoms with Gasteiger partial charge in [-0.15, -0.1) is 0 Å². The zero-order chi connectivity index (χ0) is 10.2. The molecule has 1 fully saturated rings. The van der Waals surface area contributed by atoms with Crippen LogP contribution in [0.15, 0.2) is 12.8 Å². The van der Waals surface area contributed by atoms with Gasteiger partial charge in [0.2, 0.25) is 0 Å². The quantitative estimate of drug-likeness (QED) is 0.562. The number of piperazine rings is 1. The first-order valence-corrected chi connectivity index (χ1v) is 4.91. The fourth-order valence-corrected chi connectivity index (χ4v) is 1.41. The van der Waals surface area contributed by atoms with E-state index in [1.165, 1.54) is 6.20 Å². The fraction of sp³-hybridized carbons (Fsp3) is 0.667.